The number of thiophene rings is 1. The van der Waals surface area contributed by atoms with Crippen molar-refractivity contribution < 1.29 is 0 Å². The maximum atomic E-state index is 5.35. The lowest BCUT2D eigenvalue weighted by molar-refractivity contribution is 1.01. The highest BCUT2D eigenvalue weighted by Gasteiger charge is 2.19. The fourth-order valence-corrected chi connectivity index (χ4v) is 8.91. The maximum absolute atomic E-state index is 5.35. The highest BCUT2D eigenvalue weighted by molar-refractivity contribution is 7.25. The molecule has 0 saturated heterocycles. The van der Waals surface area contributed by atoms with E-state index >= 15 is 0 Å². The summed E-state index contributed by atoms with van der Waals surface area (Å²) < 4.78 is 6.90. The van der Waals surface area contributed by atoms with Crippen LogP contribution in [0.4, 0.5) is 0 Å². The Bertz CT molecular complexity index is 3090. The number of hydrogen-bond acceptors (Lipinski definition) is 3. The second-order valence-electron chi connectivity index (χ2n) is 13.0. The summed E-state index contributed by atoms with van der Waals surface area (Å²) in [6.45, 7) is 0. The molecule has 51 heavy (non-hydrogen) atoms. The summed E-state index contributed by atoms with van der Waals surface area (Å²) in [5.41, 5.74) is 11.4. The molecule has 7 aromatic carbocycles. The number of aromatic nitrogens is 4. The number of fused-ring (bicyclic) bond motifs is 9. The van der Waals surface area contributed by atoms with E-state index in [1.807, 2.05) is 6.20 Å². The first-order valence-corrected chi connectivity index (χ1v) is 18.0. The van der Waals surface area contributed by atoms with Gasteiger partial charge in [0.15, 0.2) is 0 Å². The average molecular weight is 669 g/mol. The van der Waals surface area contributed by atoms with Gasteiger partial charge < -0.3 is 4.57 Å². The Labute approximate surface area is 297 Å². The highest BCUT2D eigenvalue weighted by Crippen LogP contribution is 2.40. The second-order valence-corrected chi connectivity index (χ2v) is 14.1. The van der Waals surface area contributed by atoms with E-state index in [4.69, 9.17) is 9.97 Å². The lowest BCUT2D eigenvalue weighted by Gasteiger charge is -2.14. The van der Waals surface area contributed by atoms with Gasteiger partial charge in [-0.3, -0.25) is 4.57 Å². The normalized spacial score (nSPS) is 11.9. The quantitative estimate of drug-likeness (QED) is 0.187. The molecule has 0 bridgehead atoms. The van der Waals surface area contributed by atoms with E-state index in [0.717, 1.165) is 37.9 Å². The molecule has 0 N–H and O–H groups in total. The van der Waals surface area contributed by atoms with Gasteiger partial charge in [0.1, 0.15) is 0 Å². The molecule has 0 atom stereocenters. The minimum atomic E-state index is 0.676. The van der Waals surface area contributed by atoms with E-state index in [2.05, 4.69) is 173 Å². The summed E-state index contributed by atoms with van der Waals surface area (Å²) in [6.07, 6.45) is 2.00. The molecule has 238 valence electrons. The van der Waals surface area contributed by atoms with Crippen LogP contribution in [0.1, 0.15) is 0 Å². The third kappa shape index (κ3) is 4.25. The van der Waals surface area contributed by atoms with Crippen LogP contribution in [-0.4, -0.2) is 19.1 Å². The minimum Gasteiger partial charge on any atom is -0.309 e. The van der Waals surface area contributed by atoms with Crippen molar-refractivity contribution in [1.29, 1.82) is 0 Å². The van der Waals surface area contributed by atoms with Crippen LogP contribution in [0.25, 0.3) is 97.8 Å². The summed E-state index contributed by atoms with van der Waals surface area (Å²) in [6, 6.07) is 58.7. The van der Waals surface area contributed by atoms with Crippen molar-refractivity contribution >= 4 is 75.3 Å². The molecule has 4 nitrogen and oxygen atoms in total. The molecule has 0 fully saturated rings. The fraction of sp³-hybridized carbons (Fsp3) is 0. The molecule has 0 radical (unpaired) electrons. The largest absolute Gasteiger partial charge is 0.309 e. The summed E-state index contributed by atoms with van der Waals surface area (Å²) >= 11 is 1.74. The lowest BCUT2D eigenvalue weighted by atomic mass is 10.0. The Morgan fingerprint density at radius 1 is 0.412 bits per heavy atom. The topological polar surface area (TPSA) is 35.6 Å². The Kier molecular flexibility index (Phi) is 6.09. The van der Waals surface area contributed by atoms with Gasteiger partial charge >= 0.3 is 0 Å². The van der Waals surface area contributed by atoms with Crippen molar-refractivity contribution in [2.24, 2.45) is 0 Å². The molecule has 0 aliphatic heterocycles. The molecule has 4 heterocycles. The molecule has 0 aliphatic rings. The van der Waals surface area contributed by atoms with Crippen LogP contribution in [-0.2, 0) is 0 Å². The van der Waals surface area contributed by atoms with Crippen molar-refractivity contribution in [3.05, 3.63) is 170 Å². The van der Waals surface area contributed by atoms with E-state index in [-0.39, 0.29) is 0 Å². The molecule has 4 aromatic heterocycles. The van der Waals surface area contributed by atoms with E-state index in [9.17, 15) is 0 Å². The zero-order valence-electron chi connectivity index (χ0n) is 27.4. The lowest BCUT2D eigenvalue weighted by Crippen LogP contribution is -2.00. The minimum absolute atomic E-state index is 0.676. The van der Waals surface area contributed by atoms with Crippen LogP contribution in [0.5, 0.6) is 0 Å². The molecule has 5 heteroatoms. The monoisotopic (exact) mass is 668 g/mol. The van der Waals surface area contributed by atoms with Gasteiger partial charge in [0.2, 0.25) is 5.95 Å². The summed E-state index contributed by atoms with van der Waals surface area (Å²) in [7, 11) is 0. The van der Waals surface area contributed by atoms with Gasteiger partial charge in [-0.15, -0.1) is 11.3 Å². The smallest absolute Gasteiger partial charge is 0.235 e. The van der Waals surface area contributed by atoms with Crippen molar-refractivity contribution in [2.75, 3.05) is 0 Å². The summed E-state index contributed by atoms with van der Waals surface area (Å²) in [4.78, 5) is 10.3. The predicted octanol–water partition coefficient (Wildman–Crippen LogP) is 12.4. The second kappa shape index (κ2) is 11.0. The van der Waals surface area contributed by atoms with Gasteiger partial charge in [-0.05, 0) is 59.2 Å². The Hall–Kier alpha value is -6.56. The first-order chi connectivity index (χ1) is 25.3. The highest BCUT2D eigenvalue weighted by atomic mass is 32.1. The molecule has 0 saturated carbocycles. The molecule has 0 unspecified atom stereocenters. The average Bonchev–Trinajstić information content (AvgIpc) is 3.85. The Morgan fingerprint density at radius 3 is 1.76 bits per heavy atom. The molecular weight excluding hydrogens is 641 g/mol. The zero-order chi connectivity index (χ0) is 33.5. The van der Waals surface area contributed by atoms with Crippen molar-refractivity contribution in [3.63, 3.8) is 0 Å². The van der Waals surface area contributed by atoms with Gasteiger partial charge in [0, 0.05) is 37.2 Å². The van der Waals surface area contributed by atoms with Gasteiger partial charge in [0.25, 0.3) is 0 Å². The standard InChI is InChI=1S/C46H28N4S/c1-2-12-29(13-3-1)30-22-24-36-35-17-7-11-21-41(35)50(42(36)27-30)46-47-28-44-45(48-46)37-26-31(23-25-43(37)51-44)32-14-4-8-18-38(32)49-39-19-9-5-15-33(39)34-16-6-10-20-40(34)49/h1-28H. The number of rotatable bonds is 4. The predicted molar refractivity (Wildman–Crippen MR) is 214 cm³/mol. The molecule has 11 aromatic rings. The van der Waals surface area contributed by atoms with Gasteiger partial charge in [0.05, 0.1) is 44.2 Å². The number of hydrogen-bond donors (Lipinski definition) is 0. The van der Waals surface area contributed by atoms with Crippen molar-refractivity contribution in [3.8, 4) is 33.9 Å². The SMILES string of the molecule is c1ccc(-c2ccc3c4ccccc4n(-c4ncc5sc6ccc(-c7ccccc7-n7c8ccccc8c8ccccc87)cc6c5n4)c3c2)cc1. The molecular formula is C46H28N4S. The van der Waals surface area contributed by atoms with Crippen LogP contribution < -0.4 is 0 Å². The summed E-state index contributed by atoms with van der Waals surface area (Å²) in [5.74, 6) is 0.676. The molecule has 0 spiro atoms. The van der Waals surface area contributed by atoms with Gasteiger partial charge in [-0.2, -0.15) is 0 Å². The Morgan fingerprint density at radius 2 is 1.02 bits per heavy atom. The zero-order valence-corrected chi connectivity index (χ0v) is 28.2. The van der Waals surface area contributed by atoms with Crippen molar-refractivity contribution in [1.82, 2.24) is 19.1 Å². The van der Waals surface area contributed by atoms with E-state index in [1.165, 1.54) is 54.0 Å². The third-order valence-electron chi connectivity index (χ3n) is 10.2. The fourth-order valence-electron chi connectivity index (χ4n) is 7.92. The van der Waals surface area contributed by atoms with E-state index < -0.39 is 0 Å². The molecule has 0 amide bonds. The van der Waals surface area contributed by atoms with Crippen LogP contribution >= 0.6 is 11.3 Å². The van der Waals surface area contributed by atoms with E-state index in [1.54, 1.807) is 11.3 Å². The first-order valence-electron chi connectivity index (χ1n) is 17.2. The van der Waals surface area contributed by atoms with Crippen LogP contribution in [0.15, 0.2) is 170 Å². The van der Waals surface area contributed by atoms with Gasteiger partial charge in [-0.25, -0.2) is 9.97 Å². The number of benzene rings is 7. The Balaban J connectivity index is 1.12. The number of nitrogens with zero attached hydrogens (tertiary/aromatic N) is 4. The van der Waals surface area contributed by atoms with Crippen LogP contribution in [0.2, 0.25) is 0 Å². The van der Waals surface area contributed by atoms with Crippen molar-refractivity contribution in [2.45, 2.75) is 0 Å². The van der Waals surface area contributed by atoms with E-state index in [0.29, 0.717) is 5.95 Å². The molecule has 0 aliphatic carbocycles. The summed E-state index contributed by atoms with van der Waals surface area (Å²) in [5, 5.41) is 6.03. The maximum Gasteiger partial charge on any atom is 0.235 e. The first kappa shape index (κ1) is 28.3. The third-order valence-corrected chi connectivity index (χ3v) is 11.3. The number of para-hydroxylation sites is 4. The molecule has 11 rings (SSSR count). The van der Waals surface area contributed by atoms with Crippen LogP contribution in [0.3, 0.4) is 0 Å². The van der Waals surface area contributed by atoms with Crippen LogP contribution in [0, 0.1) is 0 Å². The van der Waals surface area contributed by atoms with Gasteiger partial charge in [-0.1, -0.05) is 121 Å².